The maximum absolute atomic E-state index is 12.7. The molecule has 0 saturated heterocycles. The summed E-state index contributed by atoms with van der Waals surface area (Å²) in [6.07, 6.45) is 2.08. The van der Waals surface area contributed by atoms with Crippen molar-refractivity contribution in [3.8, 4) is 10.7 Å². The molecule has 3 aromatic rings. The first-order valence-electron chi connectivity index (χ1n) is 7.69. The van der Waals surface area contributed by atoms with E-state index in [1.807, 2.05) is 46.7 Å². The van der Waals surface area contributed by atoms with Gasteiger partial charge in [0.1, 0.15) is 5.01 Å². The number of hydrogen-bond donors (Lipinski definition) is 0. The second-order valence-corrected chi connectivity index (χ2v) is 7.39. The van der Waals surface area contributed by atoms with E-state index < -0.39 is 0 Å². The van der Waals surface area contributed by atoms with Crippen molar-refractivity contribution in [2.75, 3.05) is 17.2 Å². The average molecular weight is 353 g/mol. The topological polar surface area (TPSA) is 46.1 Å². The molecule has 4 nitrogen and oxygen atoms in total. The van der Waals surface area contributed by atoms with Crippen molar-refractivity contribution in [3.05, 3.63) is 59.7 Å². The van der Waals surface area contributed by atoms with Gasteiger partial charge in [0, 0.05) is 28.8 Å². The number of thiazole rings is 1. The molecule has 0 spiro atoms. The van der Waals surface area contributed by atoms with E-state index in [4.69, 9.17) is 0 Å². The van der Waals surface area contributed by atoms with Crippen molar-refractivity contribution in [2.24, 2.45) is 0 Å². The van der Waals surface area contributed by atoms with Crippen LogP contribution in [0.25, 0.3) is 10.7 Å². The number of benzene rings is 1. The third-order valence-electron chi connectivity index (χ3n) is 3.80. The Morgan fingerprint density at radius 1 is 1.17 bits per heavy atom. The van der Waals surface area contributed by atoms with Crippen LogP contribution in [0.5, 0.6) is 0 Å². The first kappa shape index (κ1) is 15.4. The van der Waals surface area contributed by atoms with Crippen molar-refractivity contribution in [3.63, 3.8) is 0 Å². The Balaban J connectivity index is 1.53. The van der Waals surface area contributed by atoms with Crippen LogP contribution in [0, 0.1) is 0 Å². The van der Waals surface area contributed by atoms with Crippen molar-refractivity contribution in [2.45, 2.75) is 11.3 Å². The van der Waals surface area contributed by atoms with Gasteiger partial charge in [-0.1, -0.05) is 18.2 Å². The van der Waals surface area contributed by atoms with Gasteiger partial charge in [0.2, 0.25) is 5.91 Å². The lowest BCUT2D eigenvalue weighted by Crippen LogP contribution is -2.36. The molecular formula is C18H15N3OS2. The number of anilines is 1. The van der Waals surface area contributed by atoms with Crippen molar-refractivity contribution < 1.29 is 4.79 Å². The largest absolute Gasteiger partial charge is 0.310 e. The summed E-state index contributed by atoms with van der Waals surface area (Å²) in [4.78, 5) is 24.7. The zero-order valence-electron chi connectivity index (χ0n) is 12.9. The van der Waals surface area contributed by atoms with E-state index in [1.165, 1.54) is 16.2 Å². The van der Waals surface area contributed by atoms with Crippen molar-refractivity contribution in [1.29, 1.82) is 0 Å². The van der Waals surface area contributed by atoms with Gasteiger partial charge >= 0.3 is 0 Å². The fourth-order valence-corrected chi connectivity index (χ4v) is 4.46. The molecule has 0 saturated carbocycles. The summed E-state index contributed by atoms with van der Waals surface area (Å²) in [6.45, 7) is 0.748. The zero-order chi connectivity index (χ0) is 16.4. The molecule has 1 aromatic carbocycles. The van der Waals surface area contributed by atoms with Crippen LogP contribution >= 0.6 is 23.1 Å². The summed E-state index contributed by atoms with van der Waals surface area (Å²) in [5.74, 6) is 1.03. The van der Waals surface area contributed by atoms with Crippen LogP contribution in [-0.2, 0) is 11.2 Å². The number of thioether (sulfide) groups is 1. The molecule has 3 heterocycles. The molecule has 1 aliphatic rings. The van der Waals surface area contributed by atoms with Gasteiger partial charge in [0.05, 0.1) is 23.5 Å². The molecule has 6 heteroatoms. The minimum Gasteiger partial charge on any atom is -0.310 e. The Hall–Kier alpha value is -2.18. The number of aromatic nitrogens is 2. The quantitative estimate of drug-likeness (QED) is 0.717. The maximum Gasteiger partial charge on any atom is 0.233 e. The second-order valence-electron chi connectivity index (χ2n) is 5.40. The molecule has 0 bridgehead atoms. The highest BCUT2D eigenvalue weighted by molar-refractivity contribution is 7.99. The lowest BCUT2D eigenvalue weighted by atomic mass is 10.2. The van der Waals surface area contributed by atoms with E-state index in [0.717, 1.165) is 34.4 Å². The van der Waals surface area contributed by atoms with Gasteiger partial charge in [-0.25, -0.2) is 4.98 Å². The third kappa shape index (κ3) is 3.07. The first-order valence-corrected chi connectivity index (χ1v) is 9.56. The number of amides is 1. The van der Waals surface area contributed by atoms with Crippen molar-refractivity contribution in [1.82, 2.24) is 9.97 Å². The van der Waals surface area contributed by atoms with E-state index in [2.05, 4.69) is 16.0 Å². The van der Waals surface area contributed by atoms with Gasteiger partial charge in [-0.2, -0.15) is 0 Å². The zero-order valence-corrected chi connectivity index (χ0v) is 14.5. The molecular weight excluding hydrogens is 338 g/mol. The Morgan fingerprint density at radius 2 is 2.04 bits per heavy atom. The van der Waals surface area contributed by atoms with Crippen LogP contribution in [0.4, 0.5) is 5.69 Å². The van der Waals surface area contributed by atoms with E-state index in [-0.39, 0.29) is 5.91 Å². The molecule has 2 aromatic heterocycles. The van der Waals surface area contributed by atoms with Crippen LogP contribution < -0.4 is 4.90 Å². The molecule has 0 atom stereocenters. The SMILES string of the molecule is O=C(Cc1csc(-c2ccccn2)n1)N1CCSc2ccccc21. The minimum absolute atomic E-state index is 0.0978. The summed E-state index contributed by atoms with van der Waals surface area (Å²) < 4.78 is 0. The van der Waals surface area contributed by atoms with Gasteiger partial charge in [0.25, 0.3) is 0 Å². The highest BCUT2D eigenvalue weighted by atomic mass is 32.2. The molecule has 0 N–H and O–H groups in total. The van der Waals surface area contributed by atoms with Gasteiger partial charge in [-0.3, -0.25) is 9.78 Å². The van der Waals surface area contributed by atoms with E-state index in [1.54, 1.807) is 18.0 Å². The van der Waals surface area contributed by atoms with E-state index in [9.17, 15) is 4.79 Å². The minimum atomic E-state index is 0.0978. The summed E-state index contributed by atoms with van der Waals surface area (Å²) in [5.41, 5.74) is 2.67. The van der Waals surface area contributed by atoms with Crippen LogP contribution in [-0.4, -0.2) is 28.2 Å². The summed E-state index contributed by atoms with van der Waals surface area (Å²) in [7, 11) is 0. The Morgan fingerprint density at radius 3 is 2.92 bits per heavy atom. The number of nitrogens with zero attached hydrogens (tertiary/aromatic N) is 3. The predicted octanol–water partition coefficient (Wildman–Crippen LogP) is 3.89. The van der Waals surface area contributed by atoms with Crippen LogP contribution in [0.3, 0.4) is 0 Å². The maximum atomic E-state index is 12.7. The number of rotatable bonds is 3. The molecule has 1 aliphatic heterocycles. The summed E-state index contributed by atoms with van der Waals surface area (Å²) in [5, 5.41) is 2.81. The van der Waals surface area contributed by atoms with Gasteiger partial charge in [0.15, 0.2) is 0 Å². The van der Waals surface area contributed by atoms with Gasteiger partial charge in [-0.05, 0) is 24.3 Å². The molecule has 120 valence electrons. The molecule has 1 amide bonds. The Labute approximate surface area is 148 Å². The fraction of sp³-hybridized carbons (Fsp3) is 0.167. The van der Waals surface area contributed by atoms with Crippen LogP contribution in [0.1, 0.15) is 5.69 Å². The monoisotopic (exact) mass is 353 g/mol. The number of pyridine rings is 1. The average Bonchev–Trinajstić information content (AvgIpc) is 3.10. The first-order chi connectivity index (χ1) is 11.8. The number of carbonyl (C=O) groups is 1. The lowest BCUT2D eigenvalue weighted by Gasteiger charge is -2.28. The summed E-state index contributed by atoms with van der Waals surface area (Å²) >= 11 is 3.33. The Bertz CT molecular complexity index is 863. The highest BCUT2D eigenvalue weighted by Crippen LogP contribution is 2.34. The molecule has 4 rings (SSSR count). The van der Waals surface area contributed by atoms with E-state index in [0.29, 0.717) is 6.42 Å². The molecule has 0 fully saturated rings. The molecule has 24 heavy (non-hydrogen) atoms. The Kier molecular flexibility index (Phi) is 4.32. The van der Waals surface area contributed by atoms with Gasteiger partial charge < -0.3 is 4.90 Å². The number of hydrogen-bond acceptors (Lipinski definition) is 5. The number of para-hydroxylation sites is 1. The fourth-order valence-electron chi connectivity index (χ4n) is 2.67. The lowest BCUT2D eigenvalue weighted by molar-refractivity contribution is -0.118. The summed E-state index contributed by atoms with van der Waals surface area (Å²) in [6, 6.07) is 13.8. The van der Waals surface area contributed by atoms with E-state index >= 15 is 0 Å². The van der Waals surface area contributed by atoms with Crippen LogP contribution in [0.15, 0.2) is 58.9 Å². The number of carbonyl (C=O) groups excluding carboxylic acids is 1. The molecule has 0 aliphatic carbocycles. The highest BCUT2D eigenvalue weighted by Gasteiger charge is 2.23. The normalized spacial score (nSPS) is 13.6. The number of fused-ring (bicyclic) bond motifs is 1. The van der Waals surface area contributed by atoms with Gasteiger partial charge in [-0.15, -0.1) is 23.1 Å². The smallest absolute Gasteiger partial charge is 0.233 e. The van der Waals surface area contributed by atoms with Crippen LogP contribution in [0.2, 0.25) is 0 Å². The predicted molar refractivity (Wildman–Crippen MR) is 98.6 cm³/mol. The van der Waals surface area contributed by atoms with Crippen molar-refractivity contribution >= 4 is 34.7 Å². The molecule has 0 unspecified atom stereocenters. The third-order valence-corrected chi connectivity index (χ3v) is 5.75. The second kappa shape index (κ2) is 6.75. The molecule has 0 radical (unpaired) electrons. The standard InChI is InChI=1S/C18H15N3OS2/c22-17(21-9-10-23-16-7-2-1-6-15(16)21)11-13-12-24-18(20-13)14-5-3-4-8-19-14/h1-8,12H,9-11H2.